The van der Waals surface area contributed by atoms with Gasteiger partial charge in [0.2, 0.25) is 0 Å². The molecule has 2 rings (SSSR count). The zero-order valence-corrected chi connectivity index (χ0v) is 12.4. The van der Waals surface area contributed by atoms with Gasteiger partial charge in [0, 0.05) is 18.0 Å². The van der Waals surface area contributed by atoms with Crippen LogP contribution in [0.15, 0.2) is 18.2 Å². The van der Waals surface area contributed by atoms with Crippen molar-refractivity contribution in [3.63, 3.8) is 0 Å². The molecule has 0 fully saturated rings. The van der Waals surface area contributed by atoms with Gasteiger partial charge in [-0.3, -0.25) is 4.79 Å². The van der Waals surface area contributed by atoms with Crippen LogP contribution in [0.2, 0.25) is 0 Å². The largest absolute Gasteiger partial charge is 0.490 e. The summed E-state index contributed by atoms with van der Waals surface area (Å²) in [7, 11) is 0. The number of ether oxygens (including phenoxy) is 2. The first-order valence-electron chi connectivity index (χ1n) is 7.32. The Morgan fingerprint density at radius 1 is 1.25 bits per heavy atom. The molecule has 1 N–H and O–H groups in total. The Hall–Kier alpha value is -1.71. The molecular formula is C16H23NO3. The van der Waals surface area contributed by atoms with Crippen molar-refractivity contribution < 1.29 is 14.3 Å². The van der Waals surface area contributed by atoms with Gasteiger partial charge in [-0.1, -0.05) is 20.8 Å². The molecule has 0 aliphatic carbocycles. The minimum absolute atomic E-state index is 0.0544. The number of rotatable bonds is 4. The molecular weight excluding hydrogens is 254 g/mol. The molecule has 0 aromatic heterocycles. The summed E-state index contributed by atoms with van der Waals surface area (Å²) in [6, 6.07) is 5.56. The maximum atomic E-state index is 12.3. The van der Waals surface area contributed by atoms with E-state index in [2.05, 4.69) is 26.1 Å². The normalized spacial score (nSPS) is 15.6. The third kappa shape index (κ3) is 3.44. The minimum Gasteiger partial charge on any atom is -0.490 e. The third-order valence-electron chi connectivity index (χ3n) is 3.57. The van der Waals surface area contributed by atoms with E-state index in [9.17, 15) is 4.79 Å². The average molecular weight is 277 g/mol. The standard InChI is InChI=1S/C16H23NO3/c1-4-13(11(2)3)17-16(18)12-6-7-14-15(10-12)20-9-5-8-19-14/h6-7,10-11,13H,4-5,8-9H2,1-3H3,(H,17,18). The van der Waals surface area contributed by atoms with Crippen LogP contribution in [0.25, 0.3) is 0 Å². The van der Waals surface area contributed by atoms with E-state index in [1.165, 1.54) is 0 Å². The molecule has 1 amide bonds. The Kier molecular flexibility index (Phi) is 4.88. The Morgan fingerprint density at radius 2 is 1.95 bits per heavy atom. The van der Waals surface area contributed by atoms with Crippen LogP contribution in [0, 0.1) is 5.92 Å². The van der Waals surface area contributed by atoms with E-state index in [-0.39, 0.29) is 11.9 Å². The van der Waals surface area contributed by atoms with Crippen molar-refractivity contribution in [2.24, 2.45) is 5.92 Å². The number of fused-ring (bicyclic) bond motifs is 1. The van der Waals surface area contributed by atoms with Gasteiger partial charge < -0.3 is 14.8 Å². The first-order chi connectivity index (χ1) is 9.61. The molecule has 0 spiro atoms. The Balaban J connectivity index is 2.12. The number of carbonyl (C=O) groups is 1. The molecule has 1 aromatic rings. The molecule has 1 aliphatic heterocycles. The van der Waals surface area contributed by atoms with Crippen LogP contribution in [-0.4, -0.2) is 25.2 Å². The van der Waals surface area contributed by atoms with Gasteiger partial charge in [0.05, 0.1) is 13.2 Å². The topological polar surface area (TPSA) is 47.6 Å². The lowest BCUT2D eigenvalue weighted by molar-refractivity contribution is 0.0924. The van der Waals surface area contributed by atoms with Gasteiger partial charge >= 0.3 is 0 Å². The van der Waals surface area contributed by atoms with E-state index in [1.807, 2.05) is 6.07 Å². The summed E-state index contributed by atoms with van der Waals surface area (Å²) in [5, 5.41) is 3.07. The monoisotopic (exact) mass is 277 g/mol. The molecule has 4 nitrogen and oxygen atoms in total. The number of hydrogen-bond acceptors (Lipinski definition) is 3. The lowest BCUT2D eigenvalue weighted by Gasteiger charge is -2.21. The van der Waals surface area contributed by atoms with Gasteiger partial charge in [-0.05, 0) is 30.5 Å². The van der Waals surface area contributed by atoms with Crippen molar-refractivity contribution in [2.45, 2.75) is 39.7 Å². The fourth-order valence-electron chi connectivity index (χ4n) is 2.30. The summed E-state index contributed by atoms with van der Waals surface area (Å²) in [5.41, 5.74) is 0.619. The number of nitrogens with one attached hydrogen (secondary N) is 1. The summed E-state index contributed by atoms with van der Waals surface area (Å²) >= 11 is 0. The molecule has 4 heteroatoms. The maximum absolute atomic E-state index is 12.3. The molecule has 1 heterocycles. The summed E-state index contributed by atoms with van der Waals surface area (Å²) < 4.78 is 11.2. The van der Waals surface area contributed by atoms with E-state index < -0.39 is 0 Å². The lowest BCUT2D eigenvalue weighted by atomic mass is 10.0. The van der Waals surface area contributed by atoms with E-state index in [1.54, 1.807) is 12.1 Å². The second-order valence-electron chi connectivity index (χ2n) is 5.44. The van der Waals surface area contributed by atoms with Crippen LogP contribution in [0.3, 0.4) is 0 Å². The molecule has 110 valence electrons. The number of hydrogen-bond donors (Lipinski definition) is 1. The number of carbonyl (C=O) groups excluding carboxylic acids is 1. The van der Waals surface area contributed by atoms with Crippen LogP contribution < -0.4 is 14.8 Å². The molecule has 0 radical (unpaired) electrons. The predicted molar refractivity (Wildman–Crippen MR) is 78.4 cm³/mol. The maximum Gasteiger partial charge on any atom is 0.251 e. The van der Waals surface area contributed by atoms with Crippen LogP contribution in [0.1, 0.15) is 44.0 Å². The highest BCUT2D eigenvalue weighted by Crippen LogP contribution is 2.30. The lowest BCUT2D eigenvalue weighted by Crippen LogP contribution is -2.37. The fourth-order valence-corrected chi connectivity index (χ4v) is 2.30. The molecule has 1 aromatic carbocycles. The second-order valence-corrected chi connectivity index (χ2v) is 5.44. The smallest absolute Gasteiger partial charge is 0.251 e. The minimum atomic E-state index is -0.0544. The van der Waals surface area contributed by atoms with Crippen LogP contribution in [0.4, 0.5) is 0 Å². The molecule has 0 saturated carbocycles. The highest BCUT2D eigenvalue weighted by molar-refractivity contribution is 5.95. The SMILES string of the molecule is CCC(NC(=O)c1ccc2c(c1)OCCCO2)C(C)C. The summed E-state index contributed by atoms with van der Waals surface area (Å²) in [6.07, 6.45) is 1.79. The molecule has 0 saturated heterocycles. The second kappa shape index (κ2) is 6.64. The van der Waals surface area contributed by atoms with Crippen molar-refractivity contribution in [3.05, 3.63) is 23.8 Å². The Labute approximate surface area is 120 Å². The quantitative estimate of drug-likeness (QED) is 0.920. The zero-order chi connectivity index (χ0) is 14.5. The number of benzene rings is 1. The molecule has 1 atom stereocenters. The molecule has 1 unspecified atom stereocenters. The van der Waals surface area contributed by atoms with Gasteiger partial charge in [0.1, 0.15) is 0 Å². The molecule has 20 heavy (non-hydrogen) atoms. The predicted octanol–water partition coefficient (Wildman–Crippen LogP) is 3.01. The molecule has 1 aliphatic rings. The summed E-state index contributed by atoms with van der Waals surface area (Å²) in [4.78, 5) is 12.3. The van der Waals surface area contributed by atoms with Crippen LogP contribution >= 0.6 is 0 Å². The Bertz CT molecular complexity index is 471. The highest BCUT2D eigenvalue weighted by Gasteiger charge is 2.18. The fraction of sp³-hybridized carbons (Fsp3) is 0.562. The number of amides is 1. The van der Waals surface area contributed by atoms with Gasteiger partial charge in [-0.15, -0.1) is 0 Å². The average Bonchev–Trinajstić information content (AvgIpc) is 2.68. The van der Waals surface area contributed by atoms with Gasteiger partial charge in [-0.25, -0.2) is 0 Å². The highest BCUT2D eigenvalue weighted by atomic mass is 16.5. The van der Waals surface area contributed by atoms with Gasteiger partial charge in [0.25, 0.3) is 5.91 Å². The summed E-state index contributed by atoms with van der Waals surface area (Å²) in [5.74, 6) is 1.74. The van der Waals surface area contributed by atoms with Crippen molar-refractivity contribution >= 4 is 5.91 Å². The zero-order valence-electron chi connectivity index (χ0n) is 12.4. The summed E-state index contributed by atoms with van der Waals surface area (Å²) in [6.45, 7) is 7.59. The molecule has 0 bridgehead atoms. The van der Waals surface area contributed by atoms with E-state index in [4.69, 9.17) is 9.47 Å². The van der Waals surface area contributed by atoms with Gasteiger partial charge in [0.15, 0.2) is 11.5 Å². The van der Waals surface area contributed by atoms with Crippen molar-refractivity contribution in [1.82, 2.24) is 5.32 Å². The first kappa shape index (κ1) is 14.7. The third-order valence-corrected chi connectivity index (χ3v) is 3.57. The van der Waals surface area contributed by atoms with Gasteiger partial charge in [-0.2, -0.15) is 0 Å². The van der Waals surface area contributed by atoms with Crippen LogP contribution in [0.5, 0.6) is 11.5 Å². The van der Waals surface area contributed by atoms with E-state index in [0.29, 0.717) is 30.4 Å². The van der Waals surface area contributed by atoms with E-state index in [0.717, 1.165) is 18.6 Å². The van der Waals surface area contributed by atoms with E-state index >= 15 is 0 Å². The Morgan fingerprint density at radius 3 is 2.60 bits per heavy atom. The first-order valence-corrected chi connectivity index (χ1v) is 7.32. The van der Waals surface area contributed by atoms with Crippen molar-refractivity contribution in [2.75, 3.05) is 13.2 Å². The van der Waals surface area contributed by atoms with Crippen LogP contribution in [-0.2, 0) is 0 Å². The van der Waals surface area contributed by atoms with Crippen molar-refractivity contribution in [1.29, 1.82) is 0 Å². The van der Waals surface area contributed by atoms with Crippen molar-refractivity contribution in [3.8, 4) is 11.5 Å².